The van der Waals surface area contributed by atoms with Crippen LogP contribution in [0.5, 0.6) is 0 Å². The van der Waals surface area contributed by atoms with Gasteiger partial charge in [-0.25, -0.2) is 9.97 Å². The number of piperazine rings is 1. The summed E-state index contributed by atoms with van der Waals surface area (Å²) in [6.45, 7) is 9.38. The van der Waals surface area contributed by atoms with Crippen molar-refractivity contribution >= 4 is 24.8 Å². The second-order valence-corrected chi connectivity index (χ2v) is 10.3. The van der Waals surface area contributed by atoms with Crippen LogP contribution in [-0.4, -0.2) is 78.1 Å². The molecule has 2 aliphatic heterocycles. The molecule has 0 aliphatic carbocycles. The van der Waals surface area contributed by atoms with Crippen molar-refractivity contribution in [2.45, 2.75) is 45.1 Å². The lowest BCUT2D eigenvalue weighted by Gasteiger charge is -2.41. The molecule has 2 aromatic carbocycles. The van der Waals surface area contributed by atoms with Gasteiger partial charge in [0, 0.05) is 45.3 Å². The summed E-state index contributed by atoms with van der Waals surface area (Å²) in [7, 11) is 0. The first-order chi connectivity index (χ1) is 18.8. The van der Waals surface area contributed by atoms with Crippen molar-refractivity contribution in [1.82, 2.24) is 44.6 Å². The van der Waals surface area contributed by atoms with Crippen LogP contribution in [-0.2, 0) is 26.2 Å². The molecule has 0 bridgehead atoms. The number of aromatic nitrogens is 6. The van der Waals surface area contributed by atoms with Gasteiger partial charge in [-0.05, 0) is 43.0 Å². The second kappa shape index (κ2) is 17.1. The van der Waals surface area contributed by atoms with E-state index in [-0.39, 0.29) is 24.8 Å². The van der Waals surface area contributed by atoms with E-state index in [0.717, 1.165) is 58.3 Å². The van der Waals surface area contributed by atoms with Gasteiger partial charge < -0.3 is 5.32 Å². The van der Waals surface area contributed by atoms with Crippen LogP contribution < -0.4 is 5.32 Å². The summed E-state index contributed by atoms with van der Waals surface area (Å²) in [6, 6.07) is 21.9. The minimum atomic E-state index is 0. The summed E-state index contributed by atoms with van der Waals surface area (Å²) < 4.78 is 3.87. The standard InChI is InChI=1S/C21H25N5.C8H14N4.2ClH/c1-3-7-19(8-4-1)13-24-11-12-25(14-20-9-5-2-6-10-20)21(15-24)16-26-18-22-17-23-26;1-2-8(4-9-3-1)5-12-7-10-6-11-12;;/h1-10,17-18,21H,11-16H2;6-9H,1-5H2;2*1H. The van der Waals surface area contributed by atoms with Gasteiger partial charge in [-0.1, -0.05) is 60.7 Å². The summed E-state index contributed by atoms with van der Waals surface area (Å²) in [6.07, 6.45) is 9.42. The van der Waals surface area contributed by atoms with Crippen LogP contribution in [0.25, 0.3) is 0 Å². The molecular formula is C29H41Cl2N9. The Morgan fingerprint density at radius 1 is 0.750 bits per heavy atom. The Bertz CT molecular complexity index is 1150. The van der Waals surface area contributed by atoms with Crippen molar-refractivity contribution in [2.24, 2.45) is 5.92 Å². The minimum absolute atomic E-state index is 0. The highest BCUT2D eigenvalue weighted by Gasteiger charge is 2.27. The summed E-state index contributed by atoms with van der Waals surface area (Å²) in [5.41, 5.74) is 2.75. The molecule has 11 heteroatoms. The van der Waals surface area contributed by atoms with Crippen molar-refractivity contribution < 1.29 is 0 Å². The van der Waals surface area contributed by atoms with E-state index >= 15 is 0 Å². The highest BCUT2D eigenvalue weighted by molar-refractivity contribution is 5.85. The van der Waals surface area contributed by atoms with Gasteiger partial charge in [0.15, 0.2) is 0 Å². The maximum absolute atomic E-state index is 4.32. The predicted molar refractivity (Wildman–Crippen MR) is 162 cm³/mol. The molecule has 4 heterocycles. The molecule has 2 aliphatic rings. The molecule has 0 amide bonds. The zero-order valence-electron chi connectivity index (χ0n) is 22.9. The molecule has 2 fully saturated rings. The highest BCUT2D eigenvalue weighted by Crippen LogP contribution is 2.18. The lowest BCUT2D eigenvalue weighted by molar-refractivity contribution is 0.0531. The van der Waals surface area contributed by atoms with Gasteiger partial charge in [0.25, 0.3) is 0 Å². The maximum atomic E-state index is 4.32. The average molecular weight is 587 g/mol. The molecule has 6 rings (SSSR count). The minimum Gasteiger partial charge on any atom is -0.316 e. The van der Waals surface area contributed by atoms with Gasteiger partial charge >= 0.3 is 0 Å². The van der Waals surface area contributed by atoms with E-state index in [1.165, 1.54) is 30.5 Å². The fourth-order valence-electron chi connectivity index (χ4n) is 5.36. The Labute approximate surface area is 249 Å². The largest absolute Gasteiger partial charge is 0.316 e. The zero-order valence-corrected chi connectivity index (χ0v) is 24.5. The van der Waals surface area contributed by atoms with Gasteiger partial charge in [0.05, 0.1) is 6.54 Å². The van der Waals surface area contributed by atoms with Crippen molar-refractivity contribution in [2.75, 3.05) is 32.7 Å². The zero-order chi connectivity index (χ0) is 25.8. The number of hydrogen-bond donors (Lipinski definition) is 1. The monoisotopic (exact) mass is 585 g/mol. The van der Waals surface area contributed by atoms with Gasteiger partial charge in [-0.15, -0.1) is 24.8 Å². The van der Waals surface area contributed by atoms with Crippen LogP contribution in [0.2, 0.25) is 0 Å². The fourth-order valence-corrected chi connectivity index (χ4v) is 5.36. The lowest BCUT2D eigenvalue weighted by Crippen LogP contribution is -2.53. The number of piperidine rings is 1. The third kappa shape index (κ3) is 9.98. The molecular weight excluding hydrogens is 545 g/mol. The van der Waals surface area contributed by atoms with E-state index in [1.807, 2.05) is 15.7 Å². The van der Waals surface area contributed by atoms with E-state index in [0.29, 0.717) is 6.04 Å². The van der Waals surface area contributed by atoms with Crippen LogP contribution in [0.1, 0.15) is 24.0 Å². The van der Waals surface area contributed by atoms with Crippen molar-refractivity contribution in [3.8, 4) is 0 Å². The van der Waals surface area contributed by atoms with Gasteiger partial charge in [0.1, 0.15) is 25.3 Å². The Hall–Kier alpha value is -2.82. The predicted octanol–water partition coefficient (Wildman–Crippen LogP) is 3.79. The van der Waals surface area contributed by atoms with Gasteiger partial charge in [-0.3, -0.25) is 19.2 Å². The van der Waals surface area contributed by atoms with Gasteiger partial charge in [0.2, 0.25) is 0 Å². The SMILES string of the molecule is Cl.Cl.c1ccc(CN2CCN(Cc3ccccc3)C(Cn3cncn3)C2)cc1.c1ncn(CC2CCCNC2)n1. The Balaban J connectivity index is 0.000000266. The van der Waals surface area contributed by atoms with E-state index in [2.05, 4.69) is 95.9 Å². The molecule has 2 atom stereocenters. The molecule has 1 N–H and O–H groups in total. The van der Waals surface area contributed by atoms with Crippen LogP contribution >= 0.6 is 24.8 Å². The first kappa shape index (κ1) is 31.7. The quantitative estimate of drug-likeness (QED) is 0.337. The summed E-state index contributed by atoms with van der Waals surface area (Å²) in [5, 5.41) is 11.8. The molecule has 0 saturated carbocycles. The van der Waals surface area contributed by atoms with E-state index in [9.17, 15) is 0 Å². The summed E-state index contributed by atoms with van der Waals surface area (Å²) >= 11 is 0. The number of hydrogen-bond acceptors (Lipinski definition) is 7. The normalized spacial score (nSPS) is 19.5. The molecule has 216 valence electrons. The average Bonchev–Trinajstić information content (AvgIpc) is 3.67. The number of nitrogens with one attached hydrogen (secondary N) is 1. The molecule has 2 unspecified atom stereocenters. The summed E-state index contributed by atoms with van der Waals surface area (Å²) in [4.78, 5) is 13.2. The molecule has 0 radical (unpaired) electrons. The van der Waals surface area contributed by atoms with Gasteiger partial charge in [-0.2, -0.15) is 10.2 Å². The topological polar surface area (TPSA) is 79.9 Å². The third-order valence-corrected chi connectivity index (χ3v) is 7.34. The van der Waals surface area contributed by atoms with Crippen LogP contribution in [0.4, 0.5) is 0 Å². The Morgan fingerprint density at radius 3 is 1.95 bits per heavy atom. The number of benzene rings is 2. The van der Waals surface area contributed by atoms with Crippen LogP contribution in [0, 0.1) is 5.92 Å². The van der Waals surface area contributed by atoms with E-state index in [1.54, 1.807) is 19.0 Å². The fraction of sp³-hybridized carbons (Fsp3) is 0.448. The molecule has 9 nitrogen and oxygen atoms in total. The van der Waals surface area contributed by atoms with E-state index < -0.39 is 0 Å². The lowest BCUT2D eigenvalue weighted by atomic mass is 10.00. The molecule has 4 aromatic rings. The van der Waals surface area contributed by atoms with Crippen molar-refractivity contribution in [3.63, 3.8) is 0 Å². The molecule has 0 spiro atoms. The highest BCUT2D eigenvalue weighted by atomic mass is 35.5. The smallest absolute Gasteiger partial charge is 0.137 e. The second-order valence-electron chi connectivity index (χ2n) is 10.3. The van der Waals surface area contributed by atoms with Crippen LogP contribution in [0.3, 0.4) is 0 Å². The first-order valence-corrected chi connectivity index (χ1v) is 13.7. The number of rotatable bonds is 8. The van der Waals surface area contributed by atoms with Crippen molar-refractivity contribution in [3.05, 3.63) is 97.1 Å². The first-order valence-electron chi connectivity index (χ1n) is 13.7. The number of nitrogens with zero attached hydrogens (tertiary/aromatic N) is 8. The summed E-state index contributed by atoms with van der Waals surface area (Å²) in [5.74, 6) is 0.737. The Kier molecular flexibility index (Phi) is 13.5. The molecule has 2 saturated heterocycles. The van der Waals surface area contributed by atoms with E-state index in [4.69, 9.17) is 0 Å². The third-order valence-electron chi connectivity index (χ3n) is 7.34. The number of halogens is 2. The van der Waals surface area contributed by atoms with Crippen LogP contribution in [0.15, 0.2) is 86.0 Å². The molecule has 40 heavy (non-hydrogen) atoms. The van der Waals surface area contributed by atoms with Crippen molar-refractivity contribution in [1.29, 1.82) is 0 Å². The Morgan fingerprint density at radius 2 is 1.38 bits per heavy atom. The maximum Gasteiger partial charge on any atom is 0.137 e. The molecule has 2 aromatic heterocycles.